The molecule has 5 heterocycles. The Kier molecular flexibility index (Phi) is 13.5. The highest BCUT2D eigenvalue weighted by Crippen LogP contribution is 2.37. The average molecular weight is 850 g/mol. The van der Waals surface area contributed by atoms with Gasteiger partial charge in [-0.25, -0.2) is 14.6 Å². The number of imidazole rings is 1. The number of pyridine rings is 2. The number of likely N-dealkylation sites (tertiary alicyclic amines) is 1. The minimum atomic E-state index is -4.83. The Morgan fingerprint density at radius 3 is 2.45 bits per heavy atom. The number of nitrogens with two attached hydrogens (primary N) is 2. The number of halogens is 4. The van der Waals surface area contributed by atoms with Gasteiger partial charge in [0.2, 0.25) is 5.91 Å². The fourth-order valence-corrected chi connectivity index (χ4v) is 7.24. The Bertz CT molecular complexity index is 2380. The zero-order valence-electron chi connectivity index (χ0n) is 32.5. The van der Waals surface area contributed by atoms with Gasteiger partial charge in [0.05, 0.1) is 39.9 Å². The van der Waals surface area contributed by atoms with Crippen LogP contribution in [0, 0.1) is 5.92 Å². The van der Waals surface area contributed by atoms with Crippen LogP contribution in [0.15, 0.2) is 67.3 Å². The van der Waals surface area contributed by atoms with E-state index in [9.17, 15) is 37.5 Å². The zero-order chi connectivity index (χ0) is 43.1. The lowest BCUT2D eigenvalue weighted by Gasteiger charge is -2.31. The molecule has 60 heavy (non-hydrogen) atoms. The van der Waals surface area contributed by atoms with Gasteiger partial charge in [0.15, 0.2) is 35.8 Å². The monoisotopic (exact) mass is 849 g/mol. The van der Waals surface area contributed by atoms with Crippen LogP contribution in [-0.4, -0.2) is 79.1 Å². The molecule has 0 radical (unpaired) electrons. The number of carbonyl (C=O) groups excluding carboxylic acids is 4. The van der Waals surface area contributed by atoms with E-state index in [4.69, 9.17) is 23.1 Å². The SMILES string of the molecule is Cn1c(-c2cn(-c3ccc(N)cn3)nc2C(F)(F)F)cnc1C(=O)Nc1ccc(C(=O)N2CCC(C(=O)NCCCc3cc[n+](CC(=O)[O-])c(CCCN)c3)CC2)c(Cl)c1. The van der Waals surface area contributed by atoms with Crippen molar-refractivity contribution >= 4 is 46.7 Å². The number of benzene rings is 1. The lowest BCUT2D eigenvalue weighted by molar-refractivity contribution is -0.698. The molecule has 16 nitrogen and oxygen atoms in total. The van der Waals surface area contributed by atoms with Crippen LogP contribution in [0.3, 0.4) is 0 Å². The predicted molar refractivity (Wildman–Crippen MR) is 211 cm³/mol. The summed E-state index contributed by atoms with van der Waals surface area (Å²) in [5.41, 5.74) is 12.4. The molecule has 1 aliphatic rings. The van der Waals surface area contributed by atoms with Crippen LogP contribution in [0.2, 0.25) is 5.02 Å². The van der Waals surface area contributed by atoms with Gasteiger partial charge in [0.1, 0.15) is 5.97 Å². The number of amides is 3. The summed E-state index contributed by atoms with van der Waals surface area (Å²) in [5.74, 6) is -2.71. The highest BCUT2D eigenvalue weighted by molar-refractivity contribution is 6.34. The summed E-state index contributed by atoms with van der Waals surface area (Å²) in [4.78, 5) is 60.5. The summed E-state index contributed by atoms with van der Waals surface area (Å²) in [5, 5.41) is 20.5. The molecule has 6 rings (SSSR count). The molecule has 0 unspecified atom stereocenters. The van der Waals surface area contributed by atoms with Crippen molar-refractivity contribution in [3.8, 4) is 17.1 Å². The van der Waals surface area contributed by atoms with Crippen LogP contribution in [0.1, 0.15) is 63.6 Å². The zero-order valence-corrected chi connectivity index (χ0v) is 33.3. The Balaban J connectivity index is 1.01. The number of alkyl halides is 3. The molecule has 5 aromatic rings. The molecular weight excluding hydrogens is 807 g/mol. The molecule has 6 N–H and O–H groups in total. The molecule has 0 spiro atoms. The summed E-state index contributed by atoms with van der Waals surface area (Å²) < 4.78 is 46.0. The summed E-state index contributed by atoms with van der Waals surface area (Å²) in [6.07, 6.45) is 4.11. The third-order valence-corrected chi connectivity index (χ3v) is 10.4. The lowest BCUT2D eigenvalue weighted by Crippen LogP contribution is -2.46. The summed E-state index contributed by atoms with van der Waals surface area (Å²) in [6.45, 7) is 1.37. The van der Waals surface area contributed by atoms with Gasteiger partial charge < -0.3 is 41.5 Å². The molecule has 316 valence electrons. The number of nitrogen functional groups attached to an aromatic ring is 1. The normalized spacial score (nSPS) is 13.3. The van der Waals surface area contributed by atoms with E-state index < -0.39 is 23.7 Å². The largest absolute Gasteiger partial charge is 0.544 e. The quantitative estimate of drug-likeness (QED) is 0.0891. The topological polar surface area (TPSA) is 223 Å². The van der Waals surface area contributed by atoms with Crippen LogP contribution >= 0.6 is 11.6 Å². The number of carboxylic acid groups (broad SMARTS) is 1. The van der Waals surface area contributed by atoms with E-state index >= 15 is 0 Å². The number of carbonyl (C=O) groups is 4. The number of carboxylic acids is 1. The second-order valence-corrected chi connectivity index (χ2v) is 14.7. The van der Waals surface area contributed by atoms with Gasteiger partial charge in [-0.3, -0.25) is 14.4 Å². The van der Waals surface area contributed by atoms with Crippen molar-refractivity contribution in [2.45, 2.75) is 51.2 Å². The number of aryl methyl sites for hydroxylation is 2. The maximum atomic E-state index is 14.1. The number of nitrogens with one attached hydrogen (secondary N) is 2. The fourth-order valence-electron chi connectivity index (χ4n) is 6.98. The third-order valence-electron chi connectivity index (χ3n) is 10.1. The fraction of sp³-hybridized carbons (Fsp3) is 0.350. The first-order valence-corrected chi connectivity index (χ1v) is 19.5. The van der Waals surface area contributed by atoms with E-state index in [1.54, 1.807) is 15.7 Å². The van der Waals surface area contributed by atoms with E-state index in [2.05, 4.69) is 25.7 Å². The van der Waals surface area contributed by atoms with E-state index in [-0.39, 0.29) is 63.5 Å². The molecule has 1 aromatic carbocycles. The summed E-state index contributed by atoms with van der Waals surface area (Å²) in [7, 11) is 1.39. The van der Waals surface area contributed by atoms with Crippen LogP contribution in [0.4, 0.5) is 24.5 Å². The Hall–Kier alpha value is -6.34. The molecule has 3 amide bonds. The Labute approximate surface area is 347 Å². The van der Waals surface area contributed by atoms with Crippen molar-refractivity contribution < 1.29 is 42.0 Å². The Morgan fingerprint density at radius 2 is 1.78 bits per heavy atom. The molecule has 0 saturated carbocycles. The van der Waals surface area contributed by atoms with Gasteiger partial charge in [-0.1, -0.05) is 11.6 Å². The van der Waals surface area contributed by atoms with Gasteiger partial charge in [-0.2, -0.15) is 22.8 Å². The van der Waals surface area contributed by atoms with Crippen molar-refractivity contribution in [1.82, 2.24) is 34.5 Å². The van der Waals surface area contributed by atoms with Gasteiger partial charge in [-0.15, -0.1) is 0 Å². The number of nitrogens with zero attached hydrogens (tertiary/aromatic N) is 7. The number of hydrogen-bond donors (Lipinski definition) is 4. The van der Waals surface area contributed by atoms with Crippen molar-refractivity contribution in [2.24, 2.45) is 18.7 Å². The Morgan fingerprint density at radius 1 is 1.02 bits per heavy atom. The maximum absolute atomic E-state index is 14.1. The number of piperidine rings is 1. The van der Waals surface area contributed by atoms with Crippen molar-refractivity contribution in [3.63, 3.8) is 0 Å². The highest BCUT2D eigenvalue weighted by atomic mass is 35.5. The van der Waals surface area contributed by atoms with E-state index in [1.807, 2.05) is 12.1 Å². The van der Waals surface area contributed by atoms with Gasteiger partial charge >= 0.3 is 6.18 Å². The van der Waals surface area contributed by atoms with E-state index in [1.165, 1.54) is 48.1 Å². The first-order chi connectivity index (χ1) is 28.6. The molecule has 0 atom stereocenters. The molecule has 1 saturated heterocycles. The van der Waals surface area contributed by atoms with Crippen molar-refractivity contribution in [1.29, 1.82) is 0 Å². The smallest absolute Gasteiger partial charge is 0.435 e. The second-order valence-electron chi connectivity index (χ2n) is 14.3. The van der Waals surface area contributed by atoms with Crippen molar-refractivity contribution in [3.05, 3.63) is 101 Å². The molecule has 1 fully saturated rings. The number of aromatic nitrogens is 6. The van der Waals surface area contributed by atoms with Crippen LogP contribution in [-0.2, 0) is 42.2 Å². The standard InChI is InChI=1S/C40H43ClF3N11O5/c1-52-32(30-22-55(51-35(30)40(42,43)44)33-9-6-26(46)20-48-33)21-49-36(52)38(59)50-27-7-8-29(31(41)19-27)39(60)53-16-11-25(12-17-53)37(58)47-14-3-4-24-10-15-54(23-34(56)57)28(18-24)5-2-13-45/h6-10,15,18-22,25H,2-5,11-14,16-17,23,45-46H2,1H3,(H2-,47,50,56,57,58,59,60). The molecule has 1 aliphatic heterocycles. The van der Waals surface area contributed by atoms with Crippen molar-refractivity contribution in [2.75, 3.05) is 37.2 Å². The maximum Gasteiger partial charge on any atom is 0.435 e. The molecule has 20 heteroatoms. The number of rotatable bonds is 15. The van der Waals surface area contributed by atoms with Crippen LogP contribution < -0.4 is 31.8 Å². The summed E-state index contributed by atoms with van der Waals surface area (Å²) in [6, 6.07) is 11.1. The van der Waals surface area contributed by atoms with Gasteiger partial charge in [-0.05, 0) is 74.5 Å². The minimum Gasteiger partial charge on any atom is -0.544 e. The average Bonchev–Trinajstić information content (AvgIpc) is 3.83. The number of anilines is 2. The first kappa shape index (κ1) is 43.2. The summed E-state index contributed by atoms with van der Waals surface area (Å²) >= 11 is 6.52. The molecule has 4 aromatic heterocycles. The molecule has 0 aliphatic carbocycles. The molecular formula is C40H43ClF3N11O5. The first-order valence-electron chi connectivity index (χ1n) is 19.1. The van der Waals surface area contributed by atoms with Gasteiger partial charge in [0, 0.05) is 63.0 Å². The molecule has 0 bridgehead atoms. The number of hydrogen-bond acceptors (Lipinski definition) is 10. The number of aliphatic carboxylic acids is 1. The lowest BCUT2D eigenvalue weighted by atomic mass is 9.95. The van der Waals surface area contributed by atoms with E-state index in [0.29, 0.717) is 64.0 Å². The highest BCUT2D eigenvalue weighted by Gasteiger charge is 2.39. The minimum absolute atomic E-state index is 0.0290. The van der Waals surface area contributed by atoms with Crippen LogP contribution in [0.25, 0.3) is 17.1 Å². The van der Waals surface area contributed by atoms with E-state index in [0.717, 1.165) is 34.8 Å². The third kappa shape index (κ3) is 10.3. The predicted octanol–water partition coefficient (Wildman–Crippen LogP) is 2.70. The van der Waals surface area contributed by atoms with Crippen LogP contribution in [0.5, 0.6) is 0 Å². The van der Waals surface area contributed by atoms with Gasteiger partial charge in [0.25, 0.3) is 11.8 Å². The second kappa shape index (κ2) is 18.7.